The van der Waals surface area contributed by atoms with E-state index in [9.17, 15) is 10.2 Å². The van der Waals surface area contributed by atoms with Crippen molar-refractivity contribution in [2.45, 2.75) is 91.9 Å². The van der Waals surface area contributed by atoms with Crippen LogP contribution in [0.25, 0.3) is 11.1 Å². The number of benzene rings is 2. The fourth-order valence-electron chi connectivity index (χ4n) is 3.65. The predicted molar refractivity (Wildman–Crippen MR) is 121 cm³/mol. The van der Waals surface area contributed by atoms with Gasteiger partial charge in [0.05, 0.1) is 0 Å². The Morgan fingerprint density at radius 3 is 1.21 bits per heavy atom. The third-order valence-electron chi connectivity index (χ3n) is 5.44. The van der Waals surface area contributed by atoms with Gasteiger partial charge in [0.15, 0.2) is 0 Å². The molecule has 2 heteroatoms. The summed E-state index contributed by atoms with van der Waals surface area (Å²) in [5.41, 5.74) is 5.53. The van der Waals surface area contributed by atoms with Gasteiger partial charge in [-0.1, -0.05) is 69.2 Å². The van der Waals surface area contributed by atoms with Gasteiger partial charge in [0.1, 0.15) is 11.5 Å². The molecule has 0 aromatic heterocycles. The molecule has 0 fully saturated rings. The minimum absolute atomic E-state index is 0.152. The van der Waals surface area contributed by atoms with Crippen LogP contribution >= 0.6 is 0 Å². The zero-order chi connectivity index (χ0) is 21.7. The van der Waals surface area contributed by atoms with Crippen LogP contribution in [-0.2, 0) is 22.7 Å². The van der Waals surface area contributed by atoms with E-state index in [2.05, 4.69) is 93.5 Å². The van der Waals surface area contributed by atoms with Gasteiger partial charge in [-0.25, -0.2) is 0 Å². The number of phenolic OH excluding ortho intramolecular Hbond substituents is 2. The molecule has 0 aliphatic carbocycles. The van der Waals surface area contributed by atoms with Crippen molar-refractivity contribution in [1.82, 2.24) is 0 Å². The number of aryl methyl sites for hydroxylation is 1. The lowest BCUT2D eigenvalue weighted by atomic mass is 9.77. The molecular weight excluding hydrogens is 344 g/mol. The van der Waals surface area contributed by atoms with Crippen LogP contribution in [0.5, 0.6) is 11.5 Å². The summed E-state index contributed by atoms with van der Waals surface area (Å²) in [5.74, 6) is 0.805. The molecule has 2 N–H and O–H groups in total. The third kappa shape index (κ3) is 4.37. The molecule has 0 atom stereocenters. The molecular formula is C26H38O2. The van der Waals surface area contributed by atoms with Crippen molar-refractivity contribution < 1.29 is 10.2 Å². The maximum atomic E-state index is 11.0. The van der Waals surface area contributed by atoms with Crippen molar-refractivity contribution in [3.8, 4) is 22.6 Å². The number of phenols is 2. The van der Waals surface area contributed by atoms with Gasteiger partial charge >= 0.3 is 0 Å². The van der Waals surface area contributed by atoms with Gasteiger partial charge in [-0.2, -0.15) is 0 Å². The maximum absolute atomic E-state index is 11.0. The van der Waals surface area contributed by atoms with Crippen LogP contribution in [0.2, 0.25) is 0 Å². The molecule has 0 unspecified atom stereocenters. The smallest absolute Gasteiger partial charge is 0.123 e. The molecule has 28 heavy (non-hydrogen) atoms. The Hall–Kier alpha value is -1.96. The van der Waals surface area contributed by atoms with Gasteiger partial charge in [0, 0.05) is 16.7 Å². The van der Waals surface area contributed by atoms with Gasteiger partial charge in [-0.3, -0.25) is 0 Å². The zero-order valence-corrected chi connectivity index (χ0v) is 19.4. The molecule has 154 valence electrons. The highest BCUT2D eigenvalue weighted by molar-refractivity contribution is 5.72. The average molecular weight is 383 g/mol. The van der Waals surface area contributed by atoms with Crippen molar-refractivity contribution in [1.29, 1.82) is 0 Å². The van der Waals surface area contributed by atoms with Crippen molar-refractivity contribution in [3.05, 3.63) is 46.5 Å². The molecule has 0 saturated heterocycles. The Bertz CT molecular complexity index is 834. The van der Waals surface area contributed by atoms with Gasteiger partial charge in [-0.15, -0.1) is 0 Å². The summed E-state index contributed by atoms with van der Waals surface area (Å²) in [6, 6.07) is 8.43. The standard InChI is InChI=1S/C26H38O2/c1-11-16-12-17(13-19(22(16)27)24(2,3)4)18-14-20(25(5,6)7)23(28)21(15-18)26(8,9)10/h12-15,27-28H,11H2,1-10H3. The van der Waals surface area contributed by atoms with Crippen LogP contribution in [0, 0.1) is 0 Å². The van der Waals surface area contributed by atoms with Crippen LogP contribution in [0.1, 0.15) is 91.5 Å². The lowest BCUT2D eigenvalue weighted by Gasteiger charge is -2.29. The van der Waals surface area contributed by atoms with Gasteiger partial charge in [-0.05, 0) is 63.6 Å². The van der Waals surface area contributed by atoms with Gasteiger partial charge < -0.3 is 10.2 Å². The van der Waals surface area contributed by atoms with Crippen molar-refractivity contribution in [2.75, 3.05) is 0 Å². The third-order valence-corrected chi connectivity index (χ3v) is 5.44. The van der Waals surface area contributed by atoms with E-state index in [1.54, 1.807) is 0 Å². The van der Waals surface area contributed by atoms with E-state index < -0.39 is 0 Å². The van der Waals surface area contributed by atoms with E-state index >= 15 is 0 Å². The monoisotopic (exact) mass is 382 g/mol. The summed E-state index contributed by atoms with van der Waals surface area (Å²) in [5, 5.41) is 21.8. The Morgan fingerprint density at radius 2 is 0.893 bits per heavy atom. The molecule has 0 radical (unpaired) electrons. The number of hydrogen-bond acceptors (Lipinski definition) is 2. The molecule has 2 aromatic rings. The highest BCUT2D eigenvalue weighted by Crippen LogP contribution is 2.44. The fourth-order valence-corrected chi connectivity index (χ4v) is 3.65. The molecule has 0 bridgehead atoms. The summed E-state index contributed by atoms with van der Waals surface area (Å²) < 4.78 is 0. The molecule has 2 nitrogen and oxygen atoms in total. The van der Waals surface area contributed by atoms with Crippen molar-refractivity contribution in [2.24, 2.45) is 0 Å². The summed E-state index contributed by atoms with van der Waals surface area (Å²) >= 11 is 0. The lowest BCUT2D eigenvalue weighted by molar-refractivity contribution is 0.423. The van der Waals surface area contributed by atoms with Gasteiger partial charge in [0.25, 0.3) is 0 Å². The normalized spacial score (nSPS) is 13.1. The molecule has 0 aliphatic heterocycles. The van der Waals surface area contributed by atoms with Crippen LogP contribution < -0.4 is 0 Å². The first kappa shape index (κ1) is 22.3. The minimum Gasteiger partial charge on any atom is -0.507 e. The minimum atomic E-state index is -0.169. The quantitative estimate of drug-likeness (QED) is 0.575. The SMILES string of the molecule is CCc1cc(-c2cc(C(C)(C)C)c(O)c(C(C)(C)C)c2)cc(C(C)(C)C)c1O. The summed E-state index contributed by atoms with van der Waals surface area (Å²) in [4.78, 5) is 0. The summed E-state index contributed by atoms with van der Waals surface area (Å²) in [6.07, 6.45) is 0.777. The van der Waals surface area contributed by atoms with Crippen LogP contribution in [0.4, 0.5) is 0 Å². The highest BCUT2D eigenvalue weighted by atomic mass is 16.3. The van der Waals surface area contributed by atoms with E-state index in [0.29, 0.717) is 11.5 Å². The maximum Gasteiger partial charge on any atom is 0.123 e. The Morgan fingerprint density at radius 1 is 0.571 bits per heavy atom. The van der Waals surface area contributed by atoms with Crippen molar-refractivity contribution in [3.63, 3.8) is 0 Å². The highest BCUT2D eigenvalue weighted by Gasteiger charge is 2.28. The molecule has 0 spiro atoms. The lowest BCUT2D eigenvalue weighted by Crippen LogP contribution is -2.17. The summed E-state index contributed by atoms with van der Waals surface area (Å²) in [6.45, 7) is 21.2. The van der Waals surface area contributed by atoms with Crippen LogP contribution in [0.3, 0.4) is 0 Å². The summed E-state index contributed by atoms with van der Waals surface area (Å²) in [7, 11) is 0. The fraction of sp³-hybridized carbons (Fsp3) is 0.538. The predicted octanol–water partition coefficient (Wildman–Crippen LogP) is 7.22. The van der Waals surface area contributed by atoms with E-state index in [1.807, 2.05) is 0 Å². The van der Waals surface area contributed by atoms with E-state index in [0.717, 1.165) is 39.8 Å². The zero-order valence-electron chi connectivity index (χ0n) is 19.4. The first-order chi connectivity index (χ1) is 12.6. The Kier molecular flexibility index (Phi) is 5.69. The molecule has 0 heterocycles. The largest absolute Gasteiger partial charge is 0.507 e. The second-order valence-corrected chi connectivity index (χ2v) is 11.1. The van der Waals surface area contributed by atoms with E-state index in [4.69, 9.17) is 0 Å². The second-order valence-electron chi connectivity index (χ2n) is 11.1. The second kappa shape index (κ2) is 7.13. The Labute approximate surface area is 171 Å². The molecule has 2 aromatic carbocycles. The number of hydrogen-bond donors (Lipinski definition) is 2. The van der Waals surface area contributed by atoms with Crippen LogP contribution in [0.15, 0.2) is 24.3 Å². The topological polar surface area (TPSA) is 40.5 Å². The molecule has 0 saturated carbocycles. The van der Waals surface area contributed by atoms with Crippen molar-refractivity contribution >= 4 is 0 Å². The first-order valence-corrected chi connectivity index (χ1v) is 10.3. The van der Waals surface area contributed by atoms with Crippen LogP contribution in [-0.4, -0.2) is 10.2 Å². The molecule has 0 amide bonds. The molecule has 0 aliphatic rings. The Balaban J connectivity index is 2.89. The first-order valence-electron chi connectivity index (χ1n) is 10.3. The van der Waals surface area contributed by atoms with E-state index in [-0.39, 0.29) is 16.2 Å². The van der Waals surface area contributed by atoms with E-state index in [1.165, 1.54) is 0 Å². The van der Waals surface area contributed by atoms with Gasteiger partial charge in [0.2, 0.25) is 0 Å². The molecule has 2 rings (SSSR count). The number of rotatable bonds is 2. The number of aromatic hydroxyl groups is 2. The average Bonchev–Trinajstić information content (AvgIpc) is 2.52.